The molecule has 0 saturated carbocycles. The first-order valence-corrected chi connectivity index (χ1v) is 8.09. The Morgan fingerprint density at radius 3 is 2.71 bits per heavy atom. The van der Waals surface area contributed by atoms with Gasteiger partial charge in [0.15, 0.2) is 5.88 Å². The second-order valence-electron chi connectivity index (χ2n) is 5.25. The zero-order chi connectivity index (χ0) is 17.7. The number of carbonyl (C=O) groups is 1. The van der Waals surface area contributed by atoms with Crippen molar-refractivity contribution < 1.29 is 14.6 Å². The van der Waals surface area contributed by atoms with E-state index < -0.39 is 11.4 Å². The molecular formula is C17H18N2O4S. The quantitative estimate of drug-likeness (QED) is 0.784. The summed E-state index contributed by atoms with van der Waals surface area (Å²) in [6, 6.07) is 0. The molecule has 0 aliphatic carbocycles. The minimum Gasteiger partial charge on any atom is -0.482 e. The van der Waals surface area contributed by atoms with Gasteiger partial charge >= 0.3 is 5.97 Å². The normalized spacial score (nSPS) is 10.8. The molecule has 2 N–H and O–H groups in total. The van der Waals surface area contributed by atoms with Gasteiger partial charge < -0.3 is 14.8 Å². The maximum Gasteiger partial charge on any atom is 0.341 e. The molecule has 0 radical (unpaired) electrons. The Kier molecular flexibility index (Phi) is 5.70. The van der Waals surface area contributed by atoms with Gasteiger partial charge in [-0.15, -0.1) is 11.3 Å². The maximum atomic E-state index is 12.6. The molecule has 126 valence electrons. The first-order chi connectivity index (χ1) is 11.4. The highest BCUT2D eigenvalue weighted by molar-refractivity contribution is 7.10. The largest absolute Gasteiger partial charge is 0.482 e. The molecular weight excluding hydrogens is 328 g/mol. The zero-order valence-corrected chi connectivity index (χ0v) is 14.4. The molecule has 0 fully saturated rings. The van der Waals surface area contributed by atoms with Gasteiger partial charge in [-0.05, 0) is 32.4 Å². The van der Waals surface area contributed by atoms with Crippen molar-refractivity contribution in [2.75, 3.05) is 7.11 Å². The van der Waals surface area contributed by atoms with Crippen LogP contribution in [0.25, 0.3) is 12.2 Å². The molecule has 0 saturated heterocycles. The third-order valence-corrected chi connectivity index (χ3v) is 4.01. The first-order valence-electron chi connectivity index (χ1n) is 7.21. The number of rotatable bonds is 6. The van der Waals surface area contributed by atoms with E-state index in [-0.39, 0.29) is 17.1 Å². The molecule has 0 bridgehead atoms. The topological polar surface area (TPSA) is 92.3 Å². The number of methoxy groups -OCH3 is 1. The number of aromatic amines is 1. The van der Waals surface area contributed by atoms with Crippen LogP contribution in [-0.2, 0) is 6.42 Å². The third-order valence-electron chi connectivity index (χ3n) is 3.27. The lowest BCUT2D eigenvalue weighted by molar-refractivity contribution is 0.0694. The average Bonchev–Trinajstić information content (AvgIpc) is 3.03. The molecule has 2 heterocycles. The predicted molar refractivity (Wildman–Crippen MR) is 94.8 cm³/mol. The molecule has 0 amide bonds. The van der Waals surface area contributed by atoms with Crippen molar-refractivity contribution in [2.24, 2.45) is 0 Å². The Morgan fingerprint density at radius 2 is 2.17 bits per heavy atom. The summed E-state index contributed by atoms with van der Waals surface area (Å²) in [5.41, 5.74) is 0.652. The number of ether oxygens (including phenoxy) is 1. The van der Waals surface area contributed by atoms with Crippen LogP contribution in [0.4, 0.5) is 0 Å². The highest BCUT2D eigenvalue weighted by Gasteiger charge is 2.20. The van der Waals surface area contributed by atoms with Crippen molar-refractivity contribution in [3.8, 4) is 5.88 Å². The highest BCUT2D eigenvalue weighted by Crippen LogP contribution is 2.19. The number of nitrogens with zero attached hydrogens (tertiary/aromatic N) is 1. The van der Waals surface area contributed by atoms with Gasteiger partial charge in [0, 0.05) is 11.6 Å². The monoisotopic (exact) mass is 346 g/mol. The Hall–Kier alpha value is -2.67. The van der Waals surface area contributed by atoms with Crippen molar-refractivity contribution in [3.05, 3.63) is 55.3 Å². The Morgan fingerprint density at radius 1 is 1.42 bits per heavy atom. The highest BCUT2D eigenvalue weighted by atomic mass is 32.1. The van der Waals surface area contributed by atoms with Crippen LogP contribution in [-0.4, -0.2) is 28.2 Å². The predicted octanol–water partition coefficient (Wildman–Crippen LogP) is 3.22. The summed E-state index contributed by atoms with van der Waals surface area (Å²) >= 11 is 1.41. The summed E-state index contributed by atoms with van der Waals surface area (Å²) in [5, 5.41) is 12.0. The van der Waals surface area contributed by atoms with Gasteiger partial charge in [0.05, 0.1) is 18.4 Å². The summed E-state index contributed by atoms with van der Waals surface area (Å²) in [6.07, 6.45) is 6.98. The fourth-order valence-corrected chi connectivity index (χ4v) is 2.64. The number of hydrogen-bond donors (Lipinski definition) is 2. The summed E-state index contributed by atoms with van der Waals surface area (Å²) in [5.74, 6) is -1.02. The van der Waals surface area contributed by atoms with Gasteiger partial charge in [0.1, 0.15) is 10.6 Å². The third kappa shape index (κ3) is 3.99. The van der Waals surface area contributed by atoms with Crippen LogP contribution in [0, 0.1) is 0 Å². The average molecular weight is 346 g/mol. The Balaban J connectivity index is 2.59. The van der Waals surface area contributed by atoms with Crippen LogP contribution >= 0.6 is 11.3 Å². The van der Waals surface area contributed by atoms with Gasteiger partial charge in [0.25, 0.3) is 0 Å². The fraction of sp³-hybridized carbons (Fsp3) is 0.235. The summed E-state index contributed by atoms with van der Waals surface area (Å²) in [7, 11) is 1.44. The van der Waals surface area contributed by atoms with Crippen LogP contribution in [0.5, 0.6) is 5.88 Å². The molecule has 0 aromatic carbocycles. The molecule has 0 aliphatic rings. The van der Waals surface area contributed by atoms with E-state index in [1.807, 2.05) is 25.3 Å². The number of hydrogen-bond acceptors (Lipinski definition) is 5. The molecule has 24 heavy (non-hydrogen) atoms. The summed E-state index contributed by atoms with van der Waals surface area (Å²) in [6.45, 7) is 3.81. The molecule has 2 rings (SSSR count). The minimum absolute atomic E-state index is 0.181. The number of aromatic carboxylic acids is 1. The number of allylic oxidation sites excluding steroid dienone is 2. The minimum atomic E-state index is -1.28. The van der Waals surface area contributed by atoms with Crippen LogP contribution in [0.15, 0.2) is 28.0 Å². The molecule has 6 nitrogen and oxygen atoms in total. The van der Waals surface area contributed by atoms with Crippen molar-refractivity contribution in [2.45, 2.75) is 20.3 Å². The lowest BCUT2D eigenvalue weighted by Crippen LogP contribution is -2.22. The summed E-state index contributed by atoms with van der Waals surface area (Å²) < 4.78 is 5.25. The van der Waals surface area contributed by atoms with Gasteiger partial charge in [-0.2, -0.15) is 0 Å². The summed E-state index contributed by atoms with van der Waals surface area (Å²) in [4.78, 5) is 31.2. The standard InChI is InChI=1S/C17H18N2O4S/c1-10(2)4-5-11-15(20)14(17(21)22)12(19-16(11)23-3)6-7-13-18-8-9-24-13/h4,6-9H,5H2,1-3H3,(H,19,20)(H,21,22)/b7-6+. The van der Waals surface area contributed by atoms with Crippen LogP contribution < -0.4 is 10.2 Å². The lowest BCUT2D eigenvalue weighted by atomic mass is 10.1. The van der Waals surface area contributed by atoms with E-state index >= 15 is 0 Å². The van der Waals surface area contributed by atoms with Crippen LogP contribution in [0.2, 0.25) is 0 Å². The van der Waals surface area contributed by atoms with Crippen LogP contribution in [0.1, 0.15) is 40.5 Å². The van der Waals surface area contributed by atoms with E-state index in [0.717, 1.165) is 5.57 Å². The van der Waals surface area contributed by atoms with Gasteiger partial charge in [-0.1, -0.05) is 11.6 Å². The van der Waals surface area contributed by atoms with Crippen LogP contribution in [0.3, 0.4) is 0 Å². The Labute approximate surface area is 143 Å². The lowest BCUT2D eigenvalue weighted by Gasteiger charge is -2.10. The van der Waals surface area contributed by atoms with Gasteiger partial charge in [0.2, 0.25) is 5.43 Å². The van der Waals surface area contributed by atoms with Gasteiger partial charge in [-0.25, -0.2) is 9.78 Å². The number of pyridine rings is 1. The van der Waals surface area contributed by atoms with E-state index in [2.05, 4.69) is 9.97 Å². The number of aromatic nitrogens is 2. The van der Waals surface area contributed by atoms with Crippen molar-refractivity contribution in [3.63, 3.8) is 0 Å². The van der Waals surface area contributed by atoms with E-state index in [1.54, 1.807) is 12.3 Å². The SMILES string of the molecule is COc1[nH]c(/C=C/c2nccs2)c(C(=O)O)c(=O)c1CC=C(C)C. The molecule has 2 aromatic heterocycles. The molecule has 0 aliphatic heterocycles. The van der Waals surface area contributed by atoms with Crippen molar-refractivity contribution >= 4 is 29.5 Å². The molecule has 0 unspecified atom stereocenters. The fourth-order valence-electron chi connectivity index (χ4n) is 2.11. The zero-order valence-electron chi connectivity index (χ0n) is 13.6. The molecule has 7 heteroatoms. The maximum absolute atomic E-state index is 12.6. The molecule has 0 atom stereocenters. The van der Waals surface area contributed by atoms with Gasteiger partial charge in [-0.3, -0.25) is 4.79 Å². The van der Waals surface area contributed by atoms with E-state index in [4.69, 9.17) is 4.74 Å². The van der Waals surface area contributed by atoms with Crippen molar-refractivity contribution in [1.29, 1.82) is 0 Å². The van der Waals surface area contributed by atoms with E-state index in [0.29, 0.717) is 17.0 Å². The second-order valence-corrected chi connectivity index (χ2v) is 6.18. The van der Waals surface area contributed by atoms with E-state index in [1.165, 1.54) is 24.5 Å². The number of H-pyrrole nitrogens is 1. The molecule has 2 aromatic rings. The number of carboxylic acids is 1. The first kappa shape index (κ1) is 17.7. The second kappa shape index (κ2) is 7.74. The Bertz CT molecular complexity index is 844. The number of carboxylic acid groups (broad SMARTS) is 1. The smallest absolute Gasteiger partial charge is 0.341 e. The van der Waals surface area contributed by atoms with Crippen molar-refractivity contribution in [1.82, 2.24) is 9.97 Å². The molecule has 0 spiro atoms. The van der Waals surface area contributed by atoms with E-state index in [9.17, 15) is 14.7 Å². The number of nitrogens with one attached hydrogen (secondary N) is 1. The number of thiazole rings is 1.